The lowest BCUT2D eigenvalue weighted by Gasteiger charge is -2.44. The number of ether oxygens (including phenoxy) is 1. The van der Waals surface area contributed by atoms with Crippen molar-refractivity contribution in [3.05, 3.63) is 0 Å². The lowest BCUT2D eigenvalue weighted by molar-refractivity contribution is -0.499. The zero-order valence-corrected chi connectivity index (χ0v) is 14.8. The second kappa shape index (κ2) is 11.3. The Morgan fingerprint density at radius 2 is 2.12 bits per heavy atom. The summed E-state index contributed by atoms with van der Waals surface area (Å²) < 4.78 is 5.53. The van der Waals surface area contributed by atoms with Gasteiger partial charge in [-0.25, -0.2) is 5.26 Å². The van der Waals surface area contributed by atoms with Crippen LogP contribution in [0.3, 0.4) is 0 Å². The van der Waals surface area contributed by atoms with Crippen molar-refractivity contribution in [2.24, 2.45) is 17.6 Å². The van der Waals surface area contributed by atoms with Gasteiger partial charge < -0.3 is 26.0 Å². The zero-order valence-electron chi connectivity index (χ0n) is 14.8. The molecule has 1 aliphatic rings. The maximum Gasteiger partial charge on any atom is 0.138 e. The Morgan fingerprint density at radius 1 is 1.42 bits per heavy atom. The lowest BCUT2D eigenvalue weighted by atomic mass is 9.74. The fourth-order valence-electron chi connectivity index (χ4n) is 3.43. The predicted octanol–water partition coefficient (Wildman–Crippen LogP) is -1.00. The van der Waals surface area contributed by atoms with E-state index < -0.39 is 6.10 Å². The van der Waals surface area contributed by atoms with Crippen LogP contribution in [0.1, 0.15) is 20.3 Å². The van der Waals surface area contributed by atoms with Crippen molar-refractivity contribution in [2.75, 3.05) is 40.1 Å². The van der Waals surface area contributed by atoms with E-state index in [9.17, 15) is 10.2 Å². The van der Waals surface area contributed by atoms with E-state index in [0.717, 1.165) is 0 Å². The first-order valence-electron chi connectivity index (χ1n) is 8.41. The highest BCUT2D eigenvalue weighted by molar-refractivity contribution is 4.96. The number of aliphatic hydroxyl groups is 2. The molecule has 3 unspecified atom stereocenters. The quantitative estimate of drug-likeness (QED) is 0.181. The molecule has 0 radical (unpaired) electrons. The van der Waals surface area contributed by atoms with Gasteiger partial charge in [0.1, 0.15) is 6.73 Å². The second-order valence-electron chi connectivity index (χ2n) is 6.58. The molecule has 24 heavy (non-hydrogen) atoms. The normalized spacial score (nSPS) is 32.2. The smallest absolute Gasteiger partial charge is 0.138 e. The highest BCUT2D eigenvalue weighted by Gasteiger charge is 2.42. The maximum atomic E-state index is 10.6. The predicted molar refractivity (Wildman–Crippen MR) is 87.8 cm³/mol. The van der Waals surface area contributed by atoms with Crippen LogP contribution < -0.4 is 11.1 Å². The van der Waals surface area contributed by atoms with Crippen molar-refractivity contribution in [3.63, 3.8) is 0 Å². The number of rotatable bonds is 11. The molecule has 1 fully saturated rings. The molecule has 6 N–H and O–H groups in total. The molecule has 0 aromatic heterocycles. The minimum Gasteiger partial charge on any atom is -0.396 e. The fourth-order valence-corrected chi connectivity index (χ4v) is 3.43. The number of nitrogens with one attached hydrogen (secondary N) is 1. The number of nitrogens with zero attached hydrogens (tertiary/aromatic N) is 1. The molecule has 0 spiro atoms. The van der Waals surface area contributed by atoms with Gasteiger partial charge in [0.2, 0.25) is 0 Å². The molecule has 9 heteroatoms. The first-order chi connectivity index (χ1) is 11.5. The van der Waals surface area contributed by atoms with Crippen LogP contribution in [0.4, 0.5) is 0 Å². The molecule has 0 bridgehead atoms. The van der Waals surface area contributed by atoms with Crippen molar-refractivity contribution in [1.82, 2.24) is 10.2 Å². The molecule has 0 aliphatic heterocycles. The van der Waals surface area contributed by atoms with Gasteiger partial charge in [-0.15, -0.1) is 0 Å². The Bertz CT molecular complexity index is 336. The average molecular weight is 351 g/mol. The van der Waals surface area contributed by atoms with Crippen LogP contribution in [-0.2, 0) is 14.7 Å². The van der Waals surface area contributed by atoms with Gasteiger partial charge in [0.05, 0.1) is 18.2 Å². The minimum atomic E-state index is -0.608. The van der Waals surface area contributed by atoms with Gasteiger partial charge in [0.15, 0.2) is 0 Å². The minimum absolute atomic E-state index is 0.0163. The van der Waals surface area contributed by atoms with Gasteiger partial charge in [0.25, 0.3) is 0 Å². The molecule has 6 atom stereocenters. The van der Waals surface area contributed by atoms with E-state index in [4.69, 9.17) is 15.7 Å². The van der Waals surface area contributed by atoms with Crippen molar-refractivity contribution >= 4 is 0 Å². The van der Waals surface area contributed by atoms with Crippen LogP contribution in [0.15, 0.2) is 0 Å². The van der Waals surface area contributed by atoms with Gasteiger partial charge in [-0.3, -0.25) is 4.90 Å². The Morgan fingerprint density at radius 3 is 2.67 bits per heavy atom. The zero-order chi connectivity index (χ0) is 18.1. The summed E-state index contributed by atoms with van der Waals surface area (Å²) in [6.45, 7) is 5.70. The van der Waals surface area contributed by atoms with Crippen molar-refractivity contribution in [2.45, 2.75) is 44.6 Å². The molecular formula is C15H33N3O6. The standard InChI is InChI=1S/C15H33N3O6/c1-10(7-18(5-4-16)9-23-24-21)17-14-13(22-3)6-12(8-19)11(2)15(14)20/h10-15,17,19-21H,4-9,16H2,1-3H3/t10?,11-,12?,13+,14?,15+/m0/s1. The third-order valence-electron chi connectivity index (χ3n) is 4.87. The van der Waals surface area contributed by atoms with E-state index in [0.29, 0.717) is 26.1 Å². The van der Waals surface area contributed by atoms with Crippen LogP contribution in [0.5, 0.6) is 0 Å². The maximum absolute atomic E-state index is 10.6. The van der Waals surface area contributed by atoms with Crippen LogP contribution in [0, 0.1) is 11.8 Å². The first-order valence-corrected chi connectivity index (χ1v) is 8.41. The molecule has 0 aromatic carbocycles. The van der Waals surface area contributed by atoms with Crippen LogP contribution in [-0.4, -0.2) is 84.7 Å². The molecule has 1 rings (SSSR count). The second-order valence-corrected chi connectivity index (χ2v) is 6.58. The van der Waals surface area contributed by atoms with Crippen LogP contribution in [0.25, 0.3) is 0 Å². The fraction of sp³-hybridized carbons (Fsp3) is 1.00. The third kappa shape index (κ3) is 6.17. The Kier molecular flexibility index (Phi) is 10.2. The van der Waals surface area contributed by atoms with Gasteiger partial charge in [-0.1, -0.05) is 12.0 Å². The summed E-state index contributed by atoms with van der Waals surface area (Å²) in [5, 5.41) is 35.4. The summed E-state index contributed by atoms with van der Waals surface area (Å²) in [6.07, 6.45) is -0.0806. The highest BCUT2D eigenvalue weighted by atomic mass is 17.5. The van der Waals surface area contributed by atoms with Gasteiger partial charge in [-0.05, 0) is 25.2 Å². The van der Waals surface area contributed by atoms with E-state index in [1.807, 2.05) is 18.7 Å². The van der Waals surface area contributed by atoms with Crippen molar-refractivity contribution in [1.29, 1.82) is 0 Å². The van der Waals surface area contributed by atoms with E-state index in [-0.39, 0.29) is 43.4 Å². The Labute approximate surface area is 143 Å². The highest BCUT2D eigenvalue weighted by Crippen LogP contribution is 2.32. The van der Waals surface area contributed by atoms with Crippen LogP contribution >= 0.6 is 0 Å². The number of hydrogen-bond acceptors (Lipinski definition) is 9. The summed E-state index contributed by atoms with van der Waals surface area (Å²) in [6, 6.07) is -0.202. The number of nitrogens with two attached hydrogens (primary N) is 1. The average Bonchev–Trinajstić information content (AvgIpc) is 2.57. The molecule has 0 heterocycles. The monoisotopic (exact) mass is 351 g/mol. The number of methoxy groups -OCH3 is 1. The summed E-state index contributed by atoms with van der Waals surface area (Å²) in [5.74, 6) is 0.0134. The summed E-state index contributed by atoms with van der Waals surface area (Å²) in [4.78, 5) is 6.42. The first kappa shape index (κ1) is 21.7. The largest absolute Gasteiger partial charge is 0.396 e. The summed E-state index contributed by atoms with van der Waals surface area (Å²) in [7, 11) is 1.62. The summed E-state index contributed by atoms with van der Waals surface area (Å²) in [5.41, 5.74) is 5.57. The van der Waals surface area contributed by atoms with E-state index in [2.05, 4.69) is 15.2 Å². The van der Waals surface area contributed by atoms with Gasteiger partial charge in [-0.2, -0.15) is 4.89 Å². The molecule has 9 nitrogen and oxygen atoms in total. The molecule has 0 amide bonds. The summed E-state index contributed by atoms with van der Waals surface area (Å²) >= 11 is 0. The van der Waals surface area contributed by atoms with Crippen molar-refractivity contribution in [3.8, 4) is 0 Å². The van der Waals surface area contributed by atoms with Crippen molar-refractivity contribution < 1.29 is 30.1 Å². The van der Waals surface area contributed by atoms with Crippen LogP contribution in [0.2, 0.25) is 0 Å². The van der Waals surface area contributed by atoms with Gasteiger partial charge in [0, 0.05) is 39.4 Å². The Balaban J connectivity index is 2.63. The number of aliphatic hydroxyl groups excluding tert-OH is 2. The third-order valence-corrected chi connectivity index (χ3v) is 4.87. The molecule has 0 aromatic rings. The molecule has 1 aliphatic carbocycles. The van der Waals surface area contributed by atoms with E-state index in [1.165, 1.54) is 0 Å². The molecule has 0 saturated heterocycles. The van der Waals surface area contributed by atoms with E-state index >= 15 is 0 Å². The Hall–Kier alpha value is -0.360. The number of hydrogen-bond donors (Lipinski definition) is 5. The molecular weight excluding hydrogens is 318 g/mol. The SMILES string of the molecule is CO[C@@H]1CC(CO)[C@H](C)[C@@H](O)C1NC(C)CN(CCN)COOO. The molecule has 1 saturated carbocycles. The lowest BCUT2D eigenvalue weighted by Crippen LogP contribution is -2.60. The van der Waals surface area contributed by atoms with E-state index in [1.54, 1.807) is 7.11 Å². The topological polar surface area (TPSA) is 130 Å². The van der Waals surface area contributed by atoms with Gasteiger partial charge >= 0.3 is 0 Å². The molecule has 144 valence electrons.